The average molecular weight is 346 g/mol. The Balaban J connectivity index is 2.32. The van der Waals surface area contributed by atoms with Crippen LogP contribution >= 0.6 is 23.2 Å². The van der Waals surface area contributed by atoms with Crippen molar-refractivity contribution in [1.29, 1.82) is 0 Å². The van der Waals surface area contributed by atoms with Crippen LogP contribution in [-0.2, 0) is 10.0 Å². The van der Waals surface area contributed by atoms with E-state index in [1.165, 1.54) is 42.5 Å². The number of halogens is 2. The van der Waals surface area contributed by atoms with Gasteiger partial charge in [0.15, 0.2) is 0 Å². The van der Waals surface area contributed by atoms with E-state index in [9.17, 15) is 13.2 Å². The summed E-state index contributed by atoms with van der Waals surface area (Å²) in [6.07, 6.45) is 0. The first-order valence-corrected chi connectivity index (χ1v) is 7.85. The fraction of sp³-hybridized carbons (Fsp3) is 0. The standard InChI is InChI=1S/C13H9Cl2NO4S/c14-9-2-4-10(5-3-9)21(19,20)16-12-6-1-8(13(17)18)7-11(12)15/h1-7,16H,(H,17,18). The summed E-state index contributed by atoms with van der Waals surface area (Å²) in [4.78, 5) is 10.8. The molecule has 2 aromatic carbocycles. The normalized spacial score (nSPS) is 11.1. The average Bonchev–Trinajstić information content (AvgIpc) is 2.41. The van der Waals surface area contributed by atoms with Crippen LogP contribution in [0.5, 0.6) is 0 Å². The summed E-state index contributed by atoms with van der Waals surface area (Å²) in [7, 11) is -3.83. The quantitative estimate of drug-likeness (QED) is 0.888. The largest absolute Gasteiger partial charge is 0.478 e. The Hall–Kier alpha value is -1.76. The zero-order valence-electron chi connectivity index (χ0n) is 10.4. The molecule has 0 spiro atoms. The number of rotatable bonds is 4. The van der Waals surface area contributed by atoms with E-state index in [1.54, 1.807) is 0 Å². The number of sulfonamides is 1. The molecule has 0 aliphatic heterocycles. The Morgan fingerprint density at radius 1 is 1.05 bits per heavy atom. The molecular formula is C13H9Cl2NO4S. The summed E-state index contributed by atoms with van der Waals surface area (Å²) in [5.41, 5.74) is 0.0612. The summed E-state index contributed by atoms with van der Waals surface area (Å²) in [5.74, 6) is -1.15. The van der Waals surface area contributed by atoms with Crippen LogP contribution in [0.2, 0.25) is 10.0 Å². The Labute approximate surface area is 131 Å². The van der Waals surface area contributed by atoms with Gasteiger partial charge in [-0.3, -0.25) is 4.72 Å². The lowest BCUT2D eigenvalue weighted by Gasteiger charge is -2.10. The van der Waals surface area contributed by atoms with Crippen LogP contribution in [0.15, 0.2) is 47.4 Å². The molecule has 2 aromatic rings. The predicted molar refractivity (Wildman–Crippen MR) is 80.7 cm³/mol. The monoisotopic (exact) mass is 345 g/mol. The molecule has 0 saturated carbocycles. The molecule has 0 bridgehead atoms. The molecule has 21 heavy (non-hydrogen) atoms. The molecule has 110 valence electrons. The fourth-order valence-electron chi connectivity index (χ4n) is 1.55. The van der Waals surface area contributed by atoms with Gasteiger partial charge in [-0.2, -0.15) is 0 Å². The molecule has 0 aliphatic carbocycles. The lowest BCUT2D eigenvalue weighted by Crippen LogP contribution is -2.13. The molecule has 0 radical (unpaired) electrons. The van der Waals surface area contributed by atoms with Crippen molar-refractivity contribution in [2.75, 3.05) is 4.72 Å². The van der Waals surface area contributed by atoms with Gasteiger partial charge >= 0.3 is 5.97 Å². The second-order valence-corrected chi connectivity index (χ2v) is 6.59. The number of carboxylic acid groups (broad SMARTS) is 1. The molecule has 0 unspecified atom stereocenters. The molecule has 5 nitrogen and oxygen atoms in total. The molecule has 0 aromatic heterocycles. The first-order chi connectivity index (χ1) is 9.79. The molecular weight excluding hydrogens is 337 g/mol. The van der Waals surface area contributed by atoms with Crippen LogP contribution in [0.3, 0.4) is 0 Å². The van der Waals surface area contributed by atoms with E-state index in [0.717, 1.165) is 0 Å². The molecule has 2 N–H and O–H groups in total. The van der Waals surface area contributed by atoms with E-state index >= 15 is 0 Å². The molecule has 0 heterocycles. The maximum atomic E-state index is 12.2. The smallest absolute Gasteiger partial charge is 0.335 e. The van der Waals surface area contributed by atoms with E-state index in [-0.39, 0.29) is 21.2 Å². The Bertz CT molecular complexity index is 788. The van der Waals surface area contributed by atoms with Crippen molar-refractivity contribution in [1.82, 2.24) is 0 Å². The lowest BCUT2D eigenvalue weighted by atomic mass is 10.2. The van der Waals surface area contributed by atoms with Crippen LogP contribution in [0.1, 0.15) is 10.4 Å². The van der Waals surface area contributed by atoms with Crippen molar-refractivity contribution in [2.24, 2.45) is 0 Å². The number of anilines is 1. The van der Waals surface area contributed by atoms with E-state index in [1.807, 2.05) is 0 Å². The molecule has 0 saturated heterocycles. The van der Waals surface area contributed by atoms with Crippen molar-refractivity contribution < 1.29 is 18.3 Å². The minimum absolute atomic E-state index is 0.00700. The minimum Gasteiger partial charge on any atom is -0.478 e. The summed E-state index contributed by atoms with van der Waals surface area (Å²) < 4.78 is 26.6. The number of aromatic carboxylic acids is 1. The van der Waals surface area contributed by atoms with Crippen molar-refractivity contribution in [3.63, 3.8) is 0 Å². The van der Waals surface area contributed by atoms with Gasteiger partial charge in [-0.05, 0) is 42.5 Å². The Morgan fingerprint density at radius 3 is 2.19 bits per heavy atom. The van der Waals surface area contributed by atoms with Crippen molar-refractivity contribution in [2.45, 2.75) is 4.90 Å². The van der Waals surface area contributed by atoms with E-state index in [4.69, 9.17) is 28.3 Å². The second kappa shape index (κ2) is 5.93. The van der Waals surface area contributed by atoms with Gasteiger partial charge in [0.25, 0.3) is 10.0 Å². The van der Waals surface area contributed by atoms with E-state index in [0.29, 0.717) is 5.02 Å². The van der Waals surface area contributed by atoms with Gasteiger partial charge < -0.3 is 5.11 Å². The fourth-order valence-corrected chi connectivity index (χ4v) is 3.04. The number of hydrogen-bond donors (Lipinski definition) is 2. The van der Waals surface area contributed by atoms with E-state index < -0.39 is 16.0 Å². The SMILES string of the molecule is O=C(O)c1ccc(NS(=O)(=O)c2ccc(Cl)cc2)c(Cl)c1. The zero-order chi connectivity index (χ0) is 15.6. The van der Waals surface area contributed by atoms with Crippen LogP contribution in [0.4, 0.5) is 5.69 Å². The predicted octanol–water partition coefficient (Wildman–Crippen LogP) is 3.49. The van der Waals surface area contributed by atoms with Crippen molar-refractivity contribution in [3.05, 3.63) is 58.1 Å². The van der Waals surface area contributed by atoms with E-state index in [2.05, 4.69) is 4.72 Å². The number of benzene rings is 2. The van der Waals surface area contributed by atoms with Crippen LogP contribution in [0.25, 0.3) is 0 Å². The maximum absolute atomic E-state index is 12.2. The molecule has 2 rings (SSSR count). The summed E-state index contributed by atoms with van der Waals surface area (Å²) >= 11 is 11.6. The first-order valence-electron chi connectivity index (χ1n) is 5.61. The lowest BCUT2D eigenvalue weighted by molar-refractivity contribution is 0.0697. The number of carboxylic acids is 1. The zero-order valence-corrected chi connectivity index (χ0v) is 12.7. The van der Waals surface area contributed by atoms with Gasteiger partial charge in [0.2, 0.25) is 0 Å². The number of nitrogens with one attached hydrogen (secondary N) is 1. The Kier molecular flexibility index (Phi) is 4.41. The molecule has 8 heteroatoms. The third kappa shape index (κ3) is 3.66. The topological polar surface area (TPSA) is 83.5 Å². The first kappa shape index (κ1) is 15.6. The van der Waals surface area contributed by atoms with Crippen molar-refractivity contribution in [3.8, 4) is 0 Å². The van der Waals surface area contributed by atoms with Crippen LogP contribution in [-0.4, -0.2) is 19.5 Å². The minimum atomic E-state index is -3.83. The second-order valence-electron chi connectivity index (χ2n) is 4.06. The van der Waals surface area contributed by atoms with Gasteiger partial charge in [-0.15, -0.1) is 0 Å². The van der Waals surface area contributed by atoms with Crippen LogP contribution < -0.4 is 4.72 Å². The van der Waals surface area contributed by atoms with Gasteiger partial charge in [-0.25, -0.2) is 13.2 Å². The van der Waals surface area contributed by atoms with Gasteiger partial charge in [0.1, 0.15) is 0 Å². The Morgan fingerprint density at radius 2 is 1.67 bits per heavy atom. The van der Waals surface area contributed by atoms with Gasteiger partial charge in [0, 0.05) is 5.02 Å². The third-order valence-corrected chi connectivity index (χ3v) is 4.53. The molecule has 0 amide bonds. The highest BCUT2D eigenvalue weighted by molar-refractivity contribution is 7.92. The summed E-state index contributed by atoms with van der Waals surface area (Å²) in [6.45, 7) is 0. The van der Waals surface area contributed by atoms with Gasteiger partial charge in [-0.1, -0.05) is 23.2 Å². The molecule has 0 atom stereocenters. The maximum Gasteiger partial charge on any atom is 0.335 e. The highest BCUT2D eigenvalue weighted by atomic mass is 35.5. The number of hydrogen-bond acceptors (Lipinski definition) is 3. The molecule has 0 fully saturated rings. The molecule has 0 aliphatic rings. The van der Waals surface area contributed by atoms with Crippen molar-refractivity contribution >= 4 is 44.9 Å². The summed E-state index contributed by atoms with van der Waals surface area (Å²) in [6, 6.07) is 9.32. The third-order valence-electron chi connectivity index (χ3n) is 2.58. The van der Waals surface area contributed by atoms with Crippen LogP contribution in [0, 0.1) is 0 Å². The highest BCUT2D eigenvalue weighted by Crippen LogP contribution is 2.26. The highest BCUT2D eigenvalue weighted by Gasteiger charge is 2.16. The van der Waals surface area contributed by atoms with Gasteiger partial charge in [0.05, 0.1) is 21.2 Å². The summed E-state index contributed by atoms with van der Waals surface area (Å²) in [5, 5.41) is 9.23. The number of carbonyl (C=O) groups is 1.